The highest BCUT2D eigenvalue weighted by Gasteiger charge is 2.18. The minimum atomic E-state index is -3.50. The minimum Gasteiger partial charge on any atom is -0.481 e. The lowest BCUT2D eigenvalue weighted by Gasteiger charge is -2.20. The molecular weight excluding hydrogens is 490 g/mol. The van der Waals surface area contributed by atoms with Crippen LogP contribution in [0.3, 0.4) is 0 Å². The average molecular weight is 520 g/mol. The quantitative estimate of drug-likeness (QED) is 0.393. The summed E-state index contributed by atoms with van der Waals surface area (Å²) in [6, 6.07) is 24.8. The summed E-state index contributed by atoms with van der Waals surface area (Å²) in [5, 5.41) is 9.05. The van der Waals surface area contributed by atoms with Crippen molar-refractivity contribution in [3.05, 3.63) is 124 Å². The van der Waals surface area contributed by atoms with E-state index < -0.39 is 16.0 Å². The smallest absolute Gasteiger partial charge is 0.307 e. The largest absolute Gasteiger partial charge is 0.481 e. The van der Waals surface area contributed by atoms with Crippen LogP contribution in [-0.2, 0) is 50.2 Å². The summed E-state index contributed by atoms with van der Waals surface area (Å²) in [7, 11) is -3.50. The zero-order valence-corrected chi connectivity index (χ0v) is 21.4. The normalized spacial score (nSPS) is 13.7. The van der Waals surface area contributed by atoms with Crippen molar-refractivity contribution in [2.45, 2.75) is 25.9 Å². The molecule has 8 heteroatoms. The van der Waals surface area contributed by atoms with Crippen LogP contribution in [0, 0.1) is 0 Å². The second-order valence-electron chi connectivity index (χ2n) is 8.91. The third-order valence-electron chi connectivity index (χ3n) is 5.88. The maximum Gasteiger partial charge on any atom is 0.307 e. The molecule has 0 aliphatic carbocycles. The highest BCUT2D eigenvalue weighted by molar-refractivity contribution is 7.88. The number of sulfonamides is 1. The van der Waals surface area contributed by atoms with E-state index in [0.717, 1.165) is 27.8 Å². The molecule has 3 aromatic rings. The molecule has 37 heavy (non-hydrogen) atoms. The summed E-state index contributed by atoms with van der Waals surface area (Å²) in [5.74, 6) is -0.234. The Labute approximate surface area is 217 Å². The Kier molecular flexibility index (Phi) is 8.43. The van der Waals surface area contributed by atoms with Gasteiger partial charge in [-0.2, -0.15) is 4.31 Å². The van der Waals surface area contributed by atoms with Crippen LogP contribution in [0.2, 0.25) is 0 Å². The fourth-order valence-electron chi connectivity index (χ4n) is 4.07. The van der Waals surface area contributed by atoms with Crippen molar-refractivity contribution in [2.24, 2.45) is 0 Å². The third kappa shape index (κ3) is 7.80. The molecule has 3 aromatic carbocycles. The number of aliphatic carboxylic acids is 1. The van der Waals surface area contributed by atoms with E-state index in [2.05, 4.69) is 12.1 Å². The molecule has 0 radical (unpaired) electrons. The number of ether oxygens (including phenoxy) is 2. The predicted octanol–water partition coefficient (Wildman–Crippen LogP) is 4.75. The molecular formula is C29H29NO6S. The first-order valence-electron chi connectivity index (χ1n) is 11.8. The first-order valence-corrected chi connectivity index (χ1v) is 13.6. The fraction of sp³-hybridized carbons (Fsp3) is 0.207. The van der Waals surface area contributed by atoms with Crippen LogP contribution >= 0.6 is 0 Å². The number of carboxylic acids is 1. The van der Waals surface area contributed by atoms with Crippen LogP contribution in [0.1, 0.15) is 27.8 Å². The molecule has 0 bridgehead atoms. The van der Waals surface area contributed by atoms with E-state index in [1.54, 1.807) is 30.5 Å². The molecule has 1 aliphatic heterocycles. The summed E-state index contributed by atoms with van der Waals surface area (Å²) in [4.78, 5) is 11.0. The first-order chi connectivity index (χ1) is 17.8. The lowest BCUT2D eigenvalue weighted by molar-refractivity contribution is -0.136. The van der Waals surface area contributed by atoms with Gasteiger partial charge in [0.2, 0.25) is 16.8 Å². The second-order valence-corrected chi connectivity index (χ2v) is 10.9. The zero-order chi connectivity index (χ0) is 26.3. The molecule has 1 aliphatic rings. The van der Waals surface area contributed by atoms with Gasteiger partial charge in [-0.15, -0.1) is 0 Å². The number of allylic oxidation sites excluding steroid dienone is 1. The number of hydrogen-bond donors (Lipinski definition) is 1. The molecule has 4 rings (SSSR count). The third-order valence-corrected chi connectivity index (χ3v) is 7.08. The van der Waals surface area contributed by atoms with Gasteiger partial charge in [-0.3, -0.25) is 4.79 Å². The maximum atomic E-state index is 12.5. The van der Waals surface area contributed by atoms with Gasteiger partial charge in [-0.1, -0.05) is 78.9 Å². The summed E-state index contributed by atoms with van der Waals surface area (Å²) >= 11 is 0. The summed E-state index contributed by atoms with van der Waals surface area (Å²) in [5.41, 5.74) is 5.30. The predicted molar refractivity (Wildman–Crippen MR) is 142 cm³/mol. The van der Waals surface area contributed by atoms with E-state index in [1.807, 2.05) is 48.5 Å². The number of benzene rings is 3. The number of nitrogens with zero attached hydrogens (tertiary/aromatic N) is 1. The highest BCUT2D eigenvalue weighted by atomic mass is 32.2. The zero-order valence-electron chi connectivity index (χ0n) is 20.5. The van der Waals surface area contributed by atoms with E-state index in [9.17, 15) is 13.2 Å². The SMILES string of the molecule is CS(=O)(=O)N(Cc1ccc(C=C(Cc2ccccc2)C2=COCO2)cc1)Cc1cccc(CC(=O)O)c1. The Morgan fingerprint density at radius 2 is 1.57 bits per heavy atom. The van der Waals surface area contributed by atoms with Crippen LogP contribution in [0.5, 0.6) is 0 Å². The summed E-state index contributed by atoms with van der Waals surface area (Å²) in [6.07, 6.45) is 5.42. The monoisotopic (exact) mass is 519 g/mol. The number of rotatable bonds is 11. The molecule has 0 fully saturated rings. The van der Waals surface area contributed by atoms with Crippen molar-refractivity contribution in [3.8, 4) is 0 Å². The van der Waals surface area contributed by atoms with E-state index in [0.29, 0.717) is 17.7 Å². The summed E-state index contributed by atoms with van der Waals surface area (Å²) in [6.45, 7) is 0.548. The minimum absolute atomic E-state index is 0.109. The van der Waals surface area contributed by atoms with Crippen molar-refractivity contribution < 1.29 is 27.8 Å². The Bertz CT molecular complexity index is 1400. The van der Waals surface area contributed by atoms with Crippen molar-refractivity contribution in [1.29, 1.82) is 0 Å². The van der Waals surface area contributed by atoms with Crippen molar-refractivity contribution in [3.63, 3.8) is 0 Å². The molecule has 0 saturated carbocycles. The number of hydrogen-bond acceptors (Lipinski definition) is 5. The van der Waals surface area contributed by atoms with E-state index in [4.69, 9.17) is 14.6 Å². The first kappa shape index (κ1) is 26.2. The van der Waals surface area contributed by atoms with Crippen LogP contribution in [0.15, 0.2) is 96.5 Å². The molecule has 0 saturated heterocycles. The number of carboxylic acid groups (broad SMARTS) is 1. The standard InChI is InChI=1S/C29H29NO6S/c1-37(33,34)30(19-26-9-5-8-25(14-26)17-29(31)32)18-24-12-10-23(11-13-24)16-27(28-20-35-21-36-28)15-22-6-3-2-4-7-22/h2-14,16,20H,15,17-19,21H2,1H3,(H,31,32). The highest BCUT2D eigenvalue weighted by Crippen LogP contribution is 2.24. The van der Waals surface area contributed by atoms with Crippen LogP contribution in [0.25, 0.3) is 6.08 Å². The van der Waals surface area contributed by atoms with Crippen molar-refractivity contribution >= 4 is 22.1 Å². The lowest BCUT2D eigenvalue weighted by Crippen LogP contribution is -2.29. The molecule has 0 amide bonds. The molecule has 0 unspecified atom stereocenters. The Hall–Kier alpha value is -3.88. The van der Waals surface area contributed by atoms with Crippen molar-refractivity contribution in [2.75, 3.05) is 13.0 Å². The Morgan fingerprint density at radius 1 is 0.892 bits per heavy atom. The van der Waals surface area contributed by atoms with Gasteiger partial charge in [0.25, 0.3) is 0 Å². The molecule has 0 spiro atoms. The molecule has 0 atom stereocenters. The van der Waals surface area contributed by atoms with Gasteiger partial charge in [0.1, 0.15) is 6.26 Å². The van der Waals surface area contributed by atoms with Crippen molar-refractivity contribution in [1.82, 2.24) is 4.31 Å². The fourth-order valence-corrected chi connectivity index (χ4v) is 4.83. The van der Waals surface area contributed by atoms with Gasteiger partial charge in [-0.05, 0) is 33.9 Å². The van der Waals surface area contributed by atoms with Gasteiger partial charge in [-0.25, -0.2) is 8.42 Å². The van der Waals surface area contributed by atoms with Gasteiger partial charge in [0.05, 0.1) is 12.7 Å². The second kappa shape index (κ2) is 11.9. The summed E-state index contributed by atoms with van der Waals surface area (Å²) < 4.78 is 37.3. The average Bonchev–Trinajstić information content (AvgIpc) is 3.39. The van der Waals surface area contributed by atoms with Crippen LogP contribution < -0.4 is 0 Å². The van der Waals surface area contributed by atoms with Crippen LogP contribution in [-0.4, -0.2) is 36.8 Å². The van der Waals surface area contributed by atoms with Gasteiger partial charge < -0.3 is 14.6 Å². The molecule has 7 nitrogen and oxygen atoms in total. The van der Waals surface area contributed by atoms with E-state index in [-0.39, 0.29) is 26.3 Å². The molecule has 192 valence electrons. The van der Waals surface area contributed by atoms with Crippen LogP contribution in [0.4, 0.5) is 0 Å². The van der Waals surface area contributed by atoms with Gasteiger partial charge in [0.15, 0.2) is 5.76 Å². The molecule has 1 heterocycles. The van der Waals surface area contributed by atoms with Gasteiger partial charge in [0, 0.05) is 25.1 Å². The number of carbonyl (C=O) groups is 1. The Balaban J connectivity index is 1.51. The van der Waals surface area contributed by atoms with E-state index in [1.165, 1.54) is 10.6 Å². The molecule has 0 aromatic heterocycles. The van der Waals surface area contributed by atoms with E-state index >= 15 is 0 Å². The van der Waals surface area contributed by atoms with Gasteiger partial charge >= 0.3 is 5.97 Å². The topological polar surface area (TPSA) is 93.1 Å². The maximum absolute atomic E-state index is 12.5. The Morgan fingerprint density at radius 3 is 2.22 bits per heavy atom. The lowest BCUT2D eigenvalue weighted by atomic mass is 10.0. The molecule has 1 N–H and O–H groups in total.